The number of benzene rings is 1. The average molecular weight is 329 g/mol. The summed E-state index contributed by atoms with van der Waals surface area (Å²) in [5.74, 6) is 0.00624. The molecule has 1 heterocycles. The van der Waals surface area contributed by atoms with Crippen LogP contribution in [0.25, 0.3) is 0 Å². The van der Waals surface area contributed by atoms with Gasteiger partial charge in [0.1, 0.15) is 5.82 Å². The second kappa shape index (κ2) is 7.90. The van der Waals surface area contributed by atoms with Gasteiger partial charge in [-0.2, -0.15) is 0 Å². The number of hydrogen-bond acceptors (Lipinski definition) is 3. The van der Waals surface area contributed by atoms with E-state index < -0.39 is 11.9 Å². The molecule has 1 aliphatic rings. The van der Waals surface area contributed by atoms with Gasteiger partial charge in [0.05, 0.1) is 24.2 Å². The van der Waals surface area contributed by atoms with Gasteiger partial charge in [-0.25, -0.2) is 4.39 Å². The van der Waals surface area contributed by atoms with Gasteiger partial charge < -0.3 is 10.0 Å². The lowest BCUT2D eigenvalue weighted by Gasteiger charge is -2.31. The van der Waals surface area contributed by atoms with Crippen LogP contribution in [0.4, 0.5) is 4.39 Å². The molecule has 22 heavy (non-hydrogen) atoms. The fraction of sp³-hybridized carbons (Fsp3) is 0.562. The van der Waals surface area contributed by atoms with Gasteiger partial charge in [0.25, 0.3) is 0 Å². The standard InChI is InChI=1S/C16H22ClFN2O2/c1-11-3-2-6-20(9-11)16(22)8-19-15(10-21)12-4-5-13(17)14(18)7-12/h4-5,7,11,15,19,21H,2-3,6,8-10H2,1H3. The molecule has 0 aliphatic carbocycles. The van der Waals surface area contributed by atoms with E-state index in [2.05, 4.69) is 12.2 Å². The average Bonchev–Trinajstić information content (AvgIpc) is 2.51. The van der Waals surface area contributed by atoms with Crippen LogP contribution in [0.15, 0.2) is 18.2 Å². The fourth-order valence-electron chi connectivity index (χ4n) is 2.76. The van der Waals surface area contributed by atoms with Gasteiger partial charge in [-0.3, -0.25) is 10.1 Å². The molecule has 1 amide bonds. The number of amides is 1. The normalized spacial score (nSPS) is 20.0. The minimum Gasteiger partial charge on any atom is -0.394 e. The van der Waals surface area contributed by atoms with Crippen molar-refractivity contribution in [3.63, 3.8) is 0 Å². The highest BCUT2D eigenvalue weighted by molar-refractivity contribution is 6.30. The third-order valence-corrected chi connectivity index (χ3v) is 4.34. The van der Waals surface area contributed by atoms with Crippen LogP contribution in [-0.4, -0.2) is 42.2 Å². The smallest absolute Gasteiger partial charge is 0.236 e. The predicted molar refractivity (Wildman–Crippen MR) is 84.2 cm³/mol. The molecule has 2 rings (SSSR count). The first-order valence-electron chi connectivity index (χ1n) is 7.58. The number of nitrogens with zero attached hydrogens (tertiary/aromatic N) is 1. The van der Waals surface area contributed by atoms with Gasteiger partial charge in [-0.05, 0) is 36.5 Å². The highest BCUT2D eigenvalue weighted by atomic mass is 35.5. The van der Waals surface area contributed by atoms with Crippen LogP contribution in [-0.2, 0) is 4.79 Å². The van der Waals surface area contributed by atoms with E-state index in [0.717, 1.165) is 25.9 Å². The quantitative estimate of drug-likeness (QED) is 0.872. The molecule has 0 spiro atoms. The van der Waals surface area contributed by atoms with Gasteiger partial charge in [0, 0.05) is 13.1 Å². The number of carbonyl (C=O) groups is 1. The van der Waals surface area contributed by atoms with Crippen molar-refractivity contribution in [2.24, 2.45) is 5.92 Å². The molecule has 1 aromatic rings. The molecule has 1 aliphatic heterocycles. The number of likely N-dealkylation sites (tertiary alicyclic amines) is 1. The van der Waals surface area contributed by atoms with Gasteiger partial charge in [-0.1, -0.05) is 24.6 Å². The monoisotopic (exact) mass is 328 g/mol. The topological polar surface area (TPSA) is 52.6 Å². The summed E-state index contributed by atoms with van der Waals surface area (Å²) in [7, 11) is 0. The van der Waals surface area contributed by atoms with Gasteiger partial charge in [0.15, 0.2) is 0 Å². The number of nitrogens with one attached hydrogen (secondary N) is 1. The molecule has 0 radical (unpaired) electrons. The molecular formula is C16H22ClFN2O2. The summed E-state index contributed by atoms with van der Waals surface area (Å²) < 4.78 is 13.5. The minimum atomic E-state index is -0.532. The highest BCUT2D eigenvalue weighted by Gasteiger charge is 2.21. The van der Waals surface area contributed by atoms with E-state index in [9.17, 15) is 14.3 Å². The number of carbonyl (C=O) groups excluding carboxylic acids is 1. The zero-order valence-electron chi connectivity index (χ0n) is 12.7. The zero-order chi connectivity index (χ0) is 16.1. The van der Waals surface area contributed by atoms with Gasteiger partial charge in [-0.15, -0.1) is 0 Å². The van der Waals surface area contributed by atoms with Crippen molar-refractivity contribution < 1.29 is 14.3 Å². The van der Waals surface area contributed by atoms with Crippen LogP contribution in [0.1, 0.15) is 31.4 Å². The Balaban J connectivity index is 1.92. The van der Waals surface area contributed by atoms with E-state index >= 15 is 0 Å². The lowest BCUT2D eigenvalue weighted by atomic mass is 10.0. The number of rotatable bonds is 5. The van der Waals surface area contributed by atoms with Crippen molar-refractivity contribution in [2.75, 3.05) is 26.2 Å². The molecular weight excluding hydrogens is 307 g/mol. The van der Waals surface area contributed by atoms with Gasteiger partial charge in [0.2, 0.25) is 5.91 Å². The molecule has 2 unspecified atom stereocenters. The maximum absolute atomic E-state index is 13.5. The lowest BCUT2D eigenvalue weighted by Crippen LogP contribution is -2.44. The molecule has 2 atom stereocenters. The Bertz CT molecular complexity index is 527. The Hall–Kier alpha value is -1.17. The first-order valence-corrected chi connectivity index (χ1v) is 7.96. The van der Waals surface area contributed by atoms with E-state index in [1.54, 1.807) is 6.07 Å². The van der Waals surface area contributed by atoms with Crippen molar-refractivity contribution >= 4 is 17.5 Å². The Morgan fingerprint density at radius 3 is 3.00 bits per heavy atom. The Morgan fingerprint density at radius 2 is 2.36 bits per heavy atom. The van der Waals surface area contributed by atoms with Crippen LogP contribution in [0.5, 0.6) is 0 Å². The zero-order valence-corrected chi connectivity index (χ0v) is 13.4. The summed E-state index contributed by atoms with van der Waals surface area (Å²) in [4.78, 5) is 14.0. The summed E-state index contributed by atoms with van der Waals surface area (Å²) in [5, 5.41) is 12.5. The molecule has 0 bridgehead atoms. The van der Waals surface area contributed by atoms with Crippen LogP contribution in [0.2, 0.25) is 5.02 Å². The minimum absolute atomic E-state index is 0.0134. The van der Waals surface area contributed by atoms with Crippen molar-refractivity contribution in [1.29, 1.82) is 0 Å². The van der Waals surface area contributed by atoms with Crippen molar-refractivity contribution in [3.05, 3.63) is 34.6 Å². The molecule has 4 nitrogen and oxygen atoms in total. The molecule has 1 aromatic carbocycles. The Kier molecular flexibility index (Phi) is 6.17. The van der Waals surface area contributed by atoms with E-state index in [0.29, 0.717) is 11.5 Å². The van der Waals surface area contributed by atoms with Crippen LogP contribution in [0, 0.1) is 11.7 Å². The summed E-state index contributed by atoms with van der Waals surface area (Å²) >= 11 is 5.65. The summed E-state index contributed by atoms with van der Waals surface area (Å²) in [6, 6.07) is 3.89. The van der Waals surface area contributed by atoms with Crippen molar-refractivity contribution in [3.8, 4) is 0 Å². The van der Waals surface area contributed by atoms with Crippen LogP contribution < -0.4 is 5.32 Å². The second-order valence-corrected chi connectivity index (χ2v) is 6.28. The number of aliphatic hydroxyl groups excluding tert-OH is 1. The van der Waals surface area contributed by atoms with Crippen molar-refractivity contribution in [2.45, 2.75) is 25.8 Å². The first-order chi connectivity index (χ1) is 10.5. The summed E-state index contributed by atoms with van der Waals surface area (Å²) in [6.45, 7) is 3.61. The SMILES string of the molecule is CC1CCCN(C(=O)CNC(CO)c2ccc(Cl)c(F)c2)C1. The van der Waals surface area contributed by atoms with E-state index in [1.165, 1.54) is 12.1 Å². The molecule has 1 fully saturated rings. The molecule has 1 saturated heterocycles. The van der Waals surface area contributed by atoms with E-state index in [4.69, 9.17) is 11.6 Å². The first kappa shape index (κ1) is 17.2. The molecule has 2 N–H and O–H groups in total. The van der Waals surface area contributed by atoms with E-state index in [-0.39, 0.29) is 24.1 Å². The number of hydrogen-bond donors (Lipinski definition) is 2. The second-order valence-electron chi connectivity index (χ2n) is 5.88. The van der Waals surface area contributed by atoms with Crippen molar-refractivity contribution in [1.82, 2.24) is 10.2 Å². The Morgan fingerprint density at radius 1 is 1.59 bits per heavy atom. The Labute approximate surface area is 135 Å². The third kappa shape index (κ3) is 4.41. The maximum atomic E-state index is 13.5. The van der Waals surface area contributed by atoms with Gasteiger partial charge >= 0.3 is 0 Å². The summed E-state index contributed by atoms with van der Waals surface area (Å²) in [6.07, 6.45) is 2.18. The molecule has 0 saturated carbocycles. The molecule has 6 heteroatoms. The largest absolute Gasteiger partial charge is 0.394 e. The van der Waals surface area contributed by atoms with Crippen LogP contribution >= 0.6 is 11.6 Å². The highest BCUT2D eigenvalue weighted by Crippen LogP contribution is 2.20. The number of halogens is 2. The third-order valence-electron chi connectivity index (χ3n) is 4.04. The number of aliphatic hydroxyl groups is 1. The predicted octanol–water partition coefficient (Wildman–Crippen LogP) is 2.36. The molecule has 122 valence electrons. The van der Waals surface area contributed by atoms with Crippen LogP contribution in [0.3, 0.4) is 0 Å². The maximum Gasteiger partial charge on any atom is 0.236 e. The lowest BCUT2D eigenvalue weighted by molar-refractivity contribution is -0.132. The summed E-state index contributed by atoms with van der Waals surface area (Å²) in [5.41, 5.74) is 0.573. The molecule has 0 aromatic heterocycles. The number of piperidine rings is 1. The van der Waals surface area contributed by atoms with E-state index in [1.807, 2.05) is 4.90 Å². The fourth-order valence-corrected chi connectivity index (χ4v) is 2.87.